The summed E-state index contributed by atoms with van der Waals surface area (Å²) in [5.74, 6) is -1.97. The number of carboxylic acids is 2. The lowest BCUT2D eigenvalue weighted by molar-refractivity contribution is 0.0687. The second-order valence-electron chi connectivity index (χ2n) is 15.1. The van der Waals surface area contributed by atoms with Crippen molar-refractivity contribution in [1.29, 1.82) is 0 Å². The molecule has 0 aliphatic heterocycles. The van der Waals surface area contributed by atoms with E-state index in [0.29, 0.717) is 11.1 Å². The van der Waals surface area contributed by atoms with Crippen molar-refractivity contribution in [3.63, 3.8) is 0 Å². The summed E-state index contributed by atoms with van der Waals surface area (Å²) < 4.78 is 8.00. The van der Waals surface area contributed by atoms with Crippen LogP contribution < -0.4 is 20.7 Å². The van der Waals surface area contributed by atoms with Crippen LogP contribution in [0.1, 0.15) is 20.7 Å². The second-order valence-corrected chi connectivity index (χ2v) is 19.6. The number of benzene rings is 10. The predicted octanol–water partition coefficient (Wildman–Crippen LogP) is 9.96. The Labute approximate surface area is 355 Å². The number of hydrogen-bond acceptors (Lipinski definition) is 3. The van der Waals surface area contributed by atoms with Crippen LogP contribution in [-0.2, 0) is 4.12 Å². The lowest BCUT2D eigenvalue weighted by Gasteiger charge is -2.36. The van der Waals surface area contributed by atoms with Crippen molar-refractivity contribution in [3.8, 4) is 22.3 Å². The molecule has 61 heavy (non-hydrogen) atoms. The Morgan fingerprint density at radius 2 is 0.754 bits per heavy atom. The molecule has 2 N–H and O–H groups in total. The van der Waals surface area contributed by atoms with Gasteiger partial charge in [0, 0.05) is 0 Å². The van der Waals surface area contributed by atoms with Crippen LogP contribution in [0.25, 0.3) is 65.3 Å². The summed E-state index contributed by atoms with van der Waals surface area (Å²) >= 11 is 0. The zero-order chi connectivity index (χ0) is 41.5. The van der Waals surface area contributed by atoms with E-state index in [4.69, 9.17) is 4.12 Å². The van der Waals surface area contributed by atoms with Crippen LogP contribution in [0.2, 0.25) is 0 Å². The van der Waals surface area contributed by atoms with Gasteiger partial charge < -0.3 is 14.3 Å². The van der Waals surface area contributed by atoms with E-state index < -0.39 is 20.3 Å². The Morgan fingerprint density at radius 3 is 1.30 bits per heavy atom. The highest BCUT2D eigenvalue weighted by Gasteiger charge is 2.46. The van der Waals surface area contributed by atoms with Crippen molar-refractivity contribution in [3.05, 3.63) is 217 Å². The number of rotatable bonds is 10. The maximum atomic E-state index is 12.6. The van der Waals surface area contributed by atoms with Gasteiger partial charge in [-0.1, -0.05) is 194 Å². The number of aromatic carboxylic acids is 2. The van der Waals surface area contributed by atoms with E-state index in [1.54, 1.807) is 24.3 Å². The maximum absolute atomic E-state index is 12.6. The van der Waals surface area contributed by atoms with Crippen molar-refractivity contribution >= 4 is 93.9 Å². The quantitative estimate of drug-likeness (QED) is 0.106. The summed E-state index contributed by atoms with van der Waals surface area (Å²) in [4.78, 5) is 25.3. The first kappa shape index (κ1) is 37.8. The predicted molar refractivity (Wildman–Crippen MR) is 252 cm³/mol. The van der Waals surface area contributed by atoms with E-state index in [2.05, 4.69) is 133 Å². The molecule has 0 saturated heterocycles. The highest BCUT2D eigenvalue weighted by molar-refractivity contribution is 7.12. The van der Waals surface area contributed by atoms with Gasteiger partial charge in [0.25, 0.3) is 18.1 Å². The van der Waals surface area contributed by atoms with E-state index in [0.717, 1.165) is 75.0 Å². The van der Waals surface area contributed by atoms with Crippen LogP contribution in [-0.4, -0.2) is 40.2 Å². The summed E-state index contributed by atoms with van der Waals surface area (Å²) in [5, 5.41) is 33.1. The fourth-order valence-electron chi connectivity index (χ4n) is 9.07. The molecule has 0 aliphatic rings. The molecule has 2 radical (unpaired) electrons. The van der Waals surface area contributed by atoms with Gasteiger partial charge in [-0.25, -0.2) is 9.59 Å². The summed E-state index contributed by atoms with van der Waals surface area (Å²) in [7, 11) is -3.79. The second kappa shape index (κ2) is 15.6. The Bertz CT molecular complexity index is 3210. The molecule has 10 rings (SSSR count). The normalized spacial score (nSPS) is 11.7. The minimum absolute atomic E-state index is 0.0647. The van der Waals surface area contributed by atoms with E-state index >= 15 is 0 Å². The van der Waals surface area contributed by atoms with Crippen LogP contribution in [0.15, 0.2) is 206 Å². The summed E-state index contributed by atoms with van der Waals surface area (Å²) in [6.45, 7) is 0. The molecule has 0 heterocycles. The first-order chi connectivity index (χ1) is 29.9. The molecule has 0 spiro atoms. The highest BCUT2D eigenvalue weighted by atomic mass is 28.4. The molecule has 0 fully saturated rings. The van der Waals surface area contributed by atoms with Gasteiger partial charge in [-0.3, -0.25) is 0 Å². The molecule has 0 atom stereocenters. The molecule has 0 bridgehead atoms. The fourth-order valence-corrected chi connectivity index (χ4v) is 15.6. The molecule has 7 heteroatoms. The van der Waals surface area contributed by atoms with Crippen LogP contribution >= 0.6 is 0 Å². The SMILES string of the molecule is O=C(O)c1ccccc1-c1ccc([Si](O[Si]c2cccc3ccccc23)(c2cccc3ccccc23)c2ccc(-c3ccccc3C(=O)O)c3ccccc23)c2ccccc12. The fraction of sp³-hybridized carbons (Fsp3) is 0. The van der Waals surface area contributed by atoms with Gasteiger partial charge in [0.15, 0.2) is 0 Å². The summed E-state index contributed by atoms with van der Waals surface area (Å²) in [5.41, 5.74) is 3.38. The van der Waals surface area contributed by atoms with Gasteiger partial charge >= 0.3 is 11.9 Å². The molecule has 10 aromatic rings. The van der Waals surface area contributed by atoms with E-state index in [-0.39, 0.29) is 20.9 Å². The van der Waals surface area contributed by atoms with Crippen molar-refractivity contribution in [1.82, 2.24) is 0 Å². The van der Waals surface area contributed by atoms with Gasteiger partial charge in [-0.15, -0.1) is 0 Å². The zero-order valence-electron chi connectivity index (χ0n) is 32.7. The minimum Gasteiger partial charge on any atom is -0.478 e. The Morgan fingerprint density at radius 1 is 0.361 bits per heavy atom. The smallest absolute Gasteiger partial charge is 0.336 e. The van der Waals surface area contributed by atoms with Gasteiger partial charge in [0.2, 0.25) is 0 Å². The third-order valence-electron chi connectivity index (χ3n) is 11.8. The van der Waals surface area contributed by atoms with Crippen LogP contribution in [0.3, 0.4) is 0 Å². The maximum Gasteiger partial charge on any atom is 0.336 e. The molecule has 0 unspecified atom stereocenters. The Balaban J connectivity index is 1.35. The molecule has 290 valence electrons. The first-order valence-corrected chi connectivity index (χ1v) is 22.9. The Hall–Kier alpha value is -7.43. The van der Waals surface area contributed by atoms with Crippen LogP contribution in [0.5, 0.6) is 0 Å². The van der Waals surface area contributed by atoms with Crippen molar-refractivity contribution in [2.45, 2.75) is 0 Å². The van der Waals surface area contributed by atoms with Crippen molar-refractivity contribution in [2.75, 3.05) is 0 Å². The Kier molecular flexibility index (Phi) is 9.69. The molecule has 5 nitrogen and oxygen atoms in total. The van der Waals surface area contributed by atoms with E-state index in [9.17, 15) is 19.8 Å². The summed E-state index contributed by atoms with van der Waals surface area (Å²) in [6, 6.07) is 69.0. The molecular formula is C54H36O5Si2. The van der Waals surface area contributed by atoms with Crippen LogP contribution in [0.4, 0.5) is 0 Å². The number of hydrogen-bond donors (Lipinski definition) is 2. The van der Waals surface area contributed by atoms with E-state index in [1.807, 2.05) is 48.5 Å². The van der Waals surface area contributed by atoms with Gasteiger partial charge in [-0.05, 0) is 98.2 Å². The minimum atomic E-state index is -3.73. The summed E-state index contributed by atoms with van der Waals surface area (Å²) in [6.07, 6.45) is 0. The zero-order valence-corrected chi connectivity index (χ0v) is 34.7. The van der Waals surface area contributed by atoms with E-state index in [1.165, 1.54) is 0 Å². The van der Waals surface area contributed by atoms with Crippen LogP contribution in [0, 0.1) is 0 Å². The highest BCUT2D eigenvalue weighted by Crippen LogP contribution is 2.35. The number of fused-ring (bicyclic) bond motifs is 4. The first-order valence-electron chi connectivity index (χ1n) is 20.0. The standard InChI is InChI=1S/C54H36O5Si2/c55-53(56)47-27-11-7-23-41(47)43-31-33-51(45-25-9-5-21-39(43)45)61(50-30-14-18-36-16-2-4-20-38(36)50,59-60-49-29-13-17-35-15-1-3-19-37(35)49)52-34-32-44(40-22-6-10-26-46(40)52)42-24-8-12-28-48(42)54(57)58/h1-34H,(H,55,56)(H,57,58). The van der Waals surface area contributed by atoms with Gasteiger partial charge in [0.1, 0.15) is 0 Å². The van der Waals surface area contributed by atoms with Gasteiger partial charge in [-0.2, -0.15) is 0 Å². The number of carbonyl (C=O) groups is 2. The lowest BCUT2D eigenvalue weighted by atomic mass is 9.94. The average Bonchev–Trinajstić information content (AvgIpc) is 3.31. The topological polar surface area (TPSA) is 83.8 Å². The average molecular weight is 821 g/mol. The molecule has 0 saturated carbocycles. The molecule has 10 aromatic carbocycles. The van der Waals surface area contributed by atoms with Crippen molar-refractivity contribution < 1.29 is 23.9 Å². The lowest BCUT2D eigenvalue weighted by Crippen LogP contribution is -2.71. The molecule has 0 aliphatic carbocycles. The monoisotopic (exact) mass is 820 g/mol. The third-order valence-corrected chi connectivity index (χ3v) is 17.6. The largest absolute Gasteiger partial charge is 0.478 e. The molecule has 0 aromatic heterocycles. The number of carboxylic acid groups (broad SMARTS) is 2. The van der Waals surface area contributed by atoms with Gasteiger partial charge in [0.05, 0.1) is 11.1 Å². The molecule has 0 amide bonds. The molecular weight excluding hydrogens is 785 g/mol. The third kappa shape index (κ3) is 6.43. The van der Waals surface area contributed by atoms with Crippen molar-refractivity contribution in [2.24, 2.45) is 0 Å².